The molecule has 3 aromatic heterocycles. The molecule has 0 spiro atoms. The molecule has 0 aliphatic rings. The van der Waals surface area contributed by atoms with E-state index in [1.54, 1.807) is 28.7 Å². The van der Waals surface area contributed by atoms with Gasteiger partial charge in [0.2, 0.25) is 0 Å². The number of ether oxygens (including phenoxy) is 1. The molecule has 0 aliphatic carbocycles. The maximum absolute atomic E-state index is 11.6. The van der Waals surface area contributed by atoms with Crippen molar-refractivity contribution in [2.75, 3.05) is 0 Å². The maximum Gasteiger partial charge on any atom is 0.331 e. The Bertz CT molecular complexity index is 1500. The van der Waals surface area contributed by atoms with Gasteiger partial charge >= 0.3 is 5.97 Å². The summed E-state index contributed by atoms with van der Waals surface area (Å²) in [7, 11) is 0. The molecular weight excluding hydrogens is 502 g/mol. The van der Waals surface area contributed by atoms with E-state index in [4.69, 9.17) is 9.84 Å². The number of aliphatic carboxylic acids is 1. The van der Waals surface area contributed by atoms with Gasteiger partial charge in [-0.3, -0.25) is 4.68 Å². The molecule has 186 valence electrons. The number of hydrogen-bond acceptors (Lipinski definition) is 6. The van der Waals surface area contributed by atoms with Crippen molar-refractivity contribution >= 4 is 34.7 Å². The van der Waals surface area contributed by atoms with E-state index in [9.17, 15) is 9.90 Å². The fourth-order valence-corrected chi connectivity index (χ4v) is 5.39. The van der Waals surface area contributed by atoms with Gasteiger partial charge < -0.3 is 9.84 Å². The average molecular weight is 528 g/mol. The van der Waals surface area contributed by atoms with Crippen molar-refractivity contribution < 1.29 is 14.6 Å². The first-order valence-electron chi connectivity index (χ1n) is 11.9. The van der Waals surface area contributed by atoms with Crippen LogP contribution in [0.25, 0.3) is 27.2 Å². The Morgan fingerprint density at radius 2 is 1.86 bits per heavy atom. The molecule has 0 aliphatic heterocycles. The van der Waals surface area contributed by atoms with Gasteiger partial charge in [-0.1, -0.05) is 55.5 Å². The van der Waals surface area contributed by atoms with Crippen molar-refractivity contribution in [2.24, 2.45) is 0 Å². The van der Waals surface area contributed by atoms with E-state index < -0.39 is 5.97 Å². The summed E-state index contributed by atoms with van der Waals surface area (Å²) in [6.45, 7) is 2.81. The quantitative estimate of drug-likeness (QED) is 0.194. The molecule has 0 fully saturated rings. The van der Waals surface area contributed by atoms with E-state index >= 15 is 0 Å². The SMILES string of the molecule is CCC(=Cc1cn(Cc2ccc(OCc3csc(-c4ccccc4)n3)cc2)nc1-c1cccs1)C(=O)O. The van der Waals surface area contributed by atoms with Crippen LogP contribution < -0.4 is 4.74 Å². The first kappa shape index (κ1) is 24.7. The third-order valence-corrected chi connectivity index (χ3v) is 7.57. The molecule has 3 heterocycles. The van der Waals surface area contributed by atoms with Gasteiger partial charge in [0.25, 0.3) is 0 Å². The second-order valence-corrected chi connectivity index (χ2v) is 10.2. The van der Waals surface area contributed by atoms with Crippen LogP contribution in [0, 0.1) is 0 Å². The van der Waals surface area contributed by atoms with Crippen LogP contribution in [0.1, 0.15) is 30.2 Å². The van der Waals surface area contributed by atoms with Crippen LogP contribution in [0.2, 0.25) is 0 Å². The summed E-state index contributed by atoms with van der Waals surface area (Å²) in [5.74, 6) is -0.132. The van der Waals surface area contributed by atoms with Crippen molar-refractivity contribution in [1.29, 1.82) is 0 Å². The van der Waals surface area contributed by atoms with Gasteiger partial charge in [-0.15, -0.1) is 22.7 Å². The lowest BCUT2D eigenvalue weighted by atomic mass is 10.1. The average Bonchev–Trinajstić information content (AvgIpc) is 3.68. The van der Waals surface area contributed by atoms with E-state index in [-0.39, 0.29) is 0 Å². The molecule has 0 unspecified atom stereocenters. The second kappa shape index (κ2) is 11.4. The molecule has 0 atom stereocenters. The summed E-state index contributed by atoms with van der Waals surface area (Å²) in [6, 6.07) is 22.0. The molecule has 5 rings (SSSR count). The zero-order valence-electron chi connectivity index (χ0n) is 20.2. The zero-order chi connectivity index (χ0) is 25.6. The highest BCUT2D eigenvalue weighted by Gasteiger charge is 2.14. The highest BCUT2D eigenvalue weighted by Crippen LogP contribution is 2.29. The molecule has 8 heteroatoms. The predicted molar refractivity (Wildman–Crippen MR) is 149 cm³/mol. The fourth-order valence-electron chi connectivity index (χ4n) is 3.85. The van der Waals surface area contributed by atoms with Crippen molar-refractivity contribution in [3.63, 3.8) is 0 Å². The number of carboxylic acid groups (broad SMARTS) is 1. The van der Waals surface area contributed by atoms with E-state index in [1.165, 1.54) is 0 Å². The lowest BCUT2D eigenvalue weighted by Gasteiger charge is -2.06. The third-order valence-electron chi connectivity index (χ3n) is 5.76. The normalized spacial score (nSPS) is 11.5. The number of hydrogen-bond donors (Lipinski definition) is 1. The molecule has 1 N–H and O–H groups in total. The van der Waals surface area contributed by atoms with Gasteiger partial charge in [0.1, 0.15) is 23.1 Å². The van der Waals surface area contributed by atoms with Crippen LogP contribution in [0.3, 0.4) is 0 Å². The van der Waals surface area contributed by atoms with E-state index in [1.807, 2.05) is 83.2 Å². The summed E-state index contributed by atoms with van der Waals surface area (Å²) in [6.07, 6.45) is 4.07. The first-order valence-corrected chi connectivity index (χ1v) is 13.6. The van der Waals surface area contributed by atoms with Crippen molar-refractivity contribution in [2.45, 2.75) is 26.5 Å². The molecule has 5 aromatic rings. The standard InChI is InChI=1S/C29H25N3O3S2/c1-2-21(29(33)34)15-23-17-32(31-27(23)26-9-6-14-36-26)16-20-10-12-25(13-11-20)35-18-24-19-37-28(30-24)22-7-4-3-5-8-22/h3-15,17,19H,2,16,18H2,1H3,(H,33,34). The van der Waals surface area contributed by atoms with E-state index in [0.29, 0.717) is 25.1 Å². The van der Waals surface area contributed by atoms with Gasteiger partial charge in [-0.25, -0.2) is 9.78 Å². The molecule has 0 saturated heterocycles. The summed E-state index contributed by atoms with van der Waals surface area (Å²) < 4.78 is 7.81. The minimum Gasteiger partial charge on any atom is -0.487 e. The zero-order valence-corrected chi connectivity index (χ0v) is 21.8. The van der Waals surface area contributed by atoms with Gasteiger partial charge in [-0.05, 0) is 41.6 Å². The number of benzene rings is 2. The molecule has 0 bridgehead atoms. The monoisotopic (exact) mass is 527 g/mol. The maximum atomic E-state index is 11.6. The van der Waals surface area contributed by atoms with Crippen molar-refractivity contribution in [3.8, 4) is 26.9 Å². The van der Waals surface area contributed by atoms with Crippen molar-refractivity contribution in [1.82, 2.24) is 14.8 Å². The summed E-state index contributed by atoms with van der Waals surface area (Å²) in [4.78, 5) is 17.3. The molecule has 37 heavy (non-hydrogen) atoms. The molecule has 0 radical (unpaired) electrons. The van der Waals surface area contributed by atoms with Crippen LogP contribution in [0.15, 0.2) is 89.3 Å². The Morgan fingerprint density at radius 1 is 1.05 bits per heavy atom. The number of aromatic nitrogens is 3. The summed E-state index contributed by atoms with van der Waals surface area (Å²) in [5, 5.41) is 19.3. The first-order chi connectivity index (χ1) is 18.1. The molecule has 6 nitrogen and oxygen atoms in total. The largest absolute Gasteiger partial charge is 0.487 e. The van der Waals surface area contributed by atoms with E-state index in [2.05, 4.69) is 17.1 Å². The van der Waals surface area contributed by atoms with Crippen LogP contribution in [0.5, 0.6) is 5.75 Å². The number of carbonyl (C=O) groups is 1. The number of carboxylic acids is 1. The van der Waals surface area contributed by atoms with Crippen LogP contribution in [0.4, 0.5) is 0 Å². The van der Waals surface area contributed by atoms with Gasteiger partial charge in [0.05, 0.1) is 17.1 Å². The van der Waals surface area contributed by atoms with Crippen molar-refractivity contribution in [3.05, 3.63) is 106 Å². The molecule has 2 aromatic carbocycles. The minimum atomic E-state index is -0.906. The predicted octanol–water partition coefficient (Wildman–Crippen LogP) is 7.24. The fraction of sp³-hybridized carbons (Fsp3) is 0.138. The lowest BCUT2D eigenvalue weighted by Crippen LogP contribution is -2.01. The number of rotatable bonds is 10. The van der Waals surface area contributed by atoms with Crippen LogP contribution >= 0.6 is 22.7 Å². The Kier molecular flexibility index (Phi) is 7.58. The smallest absolute Gasteiger partial charge is 0.331 e. The Balaban J connectivity index is 1.27. The van der Waals surface area contributed by atoms with Gasteiger partial charge in [0, 0.05) is 28.3 Å². The molecular formula is C29H25N3O3S2. The number of thiazole rings is 1. The van der Waals surface area contributed by atoms with Crippen LogP contribution in [-0.2, 0) is 17.9 Å². The minimum absolute atomic E-state index is 0.356. The Labute approximate surface area is 223 Å². The summed E-state index contributed by atoms with van der Waals surface area (Å²) in [5.41, 5.74) is 5.03. The highest BCUT2D eigenvalue weighted by molar-refractivity contribution is 7.13. The summed E-state index contributed by atoms with van der Waals surface area (Å²) >= 11 is 3.20. The molecule has 0 amide bonds. The van der Waals surface area contributed by atoms with E-state index in [0.717, 1.165) is 43.7 Å². The lowest BCUT2D eigenvalue weighted by molar-refractivity contribution is -0.132. The topological polar surface area (TPSA) is 77.2 Å². The Hall–Kier alpha value is -4.01. The second-order valence-electron chi connectivity index (χ2n) is 8.38. The number of nitrogens with zero attached hydrogens (tertiary/aromatic N) is 3. The third kappa shape index (κ3) is 6.04. The van der Waals surface area contributed by atoms with Gasteiger partial charge in [-0.2, -0.15) is 5.10 Å². The number of thiophene rings is 1. The van der Waals surface area contributed by atoms with Gasteiger partial charge in [0.15, 0.2) is 0 Å². The molecule has 0 saturated carbocycles. The highest BCUT2D eigenvalue weighted by atomic mass is 32.1. The van der Waals surface area contributed by atoms with Crippen LogP contribution in [-0.4, -0.2) is 25.8 Å². The Morgan fingerprint density at radius 3 is 2.57 bits per heavy atom.